The van der Waals surface area contributed by atoms with E-state index in [0.717, 1.165) is 89.6 Å². The molecule has 3 amide bonds. The molecule has 18 nitrogen and oxygen atoms in total. The second-order valence-corrected chi connectivity index (χ2v) is 42.9. The zero-order valence-corrected chi connectivity index (χ0v) is 91.5. The number of nitrogens with one attached hydrogen (secondary N) is 2. The largest absolute Gasteiger partial charge is 0.481 e. The Morgan fingerprint density at radius 2 is 0.799 bits per heavy atom. The van der Waals surface area contributed by atoms with Gasteiger partial charge in [0.05, 0.1) is 61.2 Å². The van der Waals surface area contributed by atoms with Crippen molar-refractivity contribution in [2.45, 2.75) is 280 Å². The van der Waals surface area contributed by atoms with E-state index in [9.17, 15) is 38.4 Å². The number of nitrogens with two attached hydrogens (primary N) is 1. The van der Waals surface area contributed by atoms with E-state index in [4.69, 9.17) is 40.5 Å². The zero-order chi connectivity index (χ0) is 108. The third-order valence-corrected chi connectivity index (χ3v) is 26.2. The molecule has 11 aromatic carbocycles. The molecule has 1 saturated heterocycles. The highest BCUT2D eigenvalue weighted by Gasteiger charge is 2.53. The van der Waals surface area contributed by atoms with E-state index in [2.05, 4.69) is 228 Å². The maximum Gasteiger partial charge on any atom is 0.394 e. The number of nitriles is 1. The molecule has 0 bridgehead atoms. The topological polar surface area (TPSA) is 299 Å². The highest BCUT2D eigenvalue weighted by Crippen LogP contribution is 2.50. The Morgan fingerprint density at radius 1 is 0.451 bits per heavy atom. The number of hydrogen-bond acceptors (Lipinski definition) is 14. The van der Waals surface area contributed by atoms with Gasteiger partial charge in [0.1, 0.15) is 0 Å². The molecule has 2 aliphatic carbocycles. The number of aryl methyl sites for hydroxylation is 11. The molecule has 1 atom stereocenters. The van der Waals surface area contributed by atoms with E-state index >= 15 is 0 Å². The molecular weight excluding hydrogens is 1810 g/mol. The summed E-state index contributed by atoms with van der Waals surface area (Å²) in [7, 11) is 2.88. The number of esters is 2. The Kier molecular flexibility index (Phi) is 49.6. The van der Waals surface area contributed by atoms with E-state index in [-0.39, 0.29) is 72.7 Å². The molecule has 3 aliphatic rings. The molecule has 3 fully saturated rings. The number of nitrogens with zero attached hydrogens (tertiary/aromatic N) is 1. The van der Waals surface area contributed by atoms with E-state index < -0.39 is 29.2 Å². The Hall–Kier alpha value is -13.1. The van der Waals surface area contributed by atoms with Gasteiger partial charge in [-0.2, -0.15) is 5.26 Å². The van der Waals surface area contributed by atoms with Crippen LogP contribution in [0.5, 0.6) is 0 Å². The number of hydrogen-bond donors (Lipinski definition) is 6. The summed E-state index contributed by atoms with van der Waals surface area (Å²) >= 11 is 1.07. The Labute approximate surface area is 864 Å². The minimum atomic E-state index is -1.45. The van der Waals surface area contributed by atoms with Crippen molar-refractivity contribution >= 4 is 64.2 Å². The first-order valence-corrected chi connectivity index (χ1v) is 49.9. The normalized spacial score (nSPS) is 13.2. The van der Waals surface area contributed by atoms with Crippen LogP contribution in [0.2, 0.25) is 0 Å². The van der Waals surface area contributed by atoms with Gasteiger partial charge in [0.15, 0.2) is 0 Å². The number of carboxylic acids is 3. The third kappa shape index (κ3) is 43.2. The van der Waals surface area contributed by atoms with Crippen molar-refractivity contribution in [2.24, 2.45) is 5.73 Å². The third-order valence-electron chi connectivity index (χ3n) is 25.2. The lowest BCUT2D eigenvalue weighted by Crippen LogP contribution is -2.39. The maximum absolute atomic E-state index is 11.6. The number of benzene rings is 11. The molecule has 1 aliphatic heterocycles. The van der Waals surface area contributed by atoms with Crippen LogP contribution in [0.25, 0.3) is 5.57 Å². The number of rotatable bonds is 22. The molecule has 7 N–H and O–H groups in total. The summed E-state index contributed by atoms with van der Waals surface area (Å²) in [5, 5.41) is 39.3. The molecule has 770 valence electrons. The number of imide groups is 1. The number of amides is 3. The van der Waals surface area contributed by atoms with Crippen molar-refractivity contribution in [3.05, 3.63) is 396 Å². The molecule has 0 radical (unpaired) electrons. The molecule has 11 aromatic rings. The van der Waals surface area contributed by atoms with Gasteiger partial charge in [0, 0.05) is 41.4 Å². The summed E-state index contributed by atoms with van der Waals surface area (Å²) in [6.45, 7) is 59.8. The Bertz CT molecular complexity index is 5920. The van der Waals surface area contributed by atoms with E-state index in [1.165, 1.54) is 103 Å². The number of allylic oxidation sites excluding steroid dienone is 1. The van der Waals surface area contributed by atoms with Gasteiger partial charge in [0.2, 0.25) is 5.91 Å². The van der Waals surface area contributed by atoms with Crippen LogP contribution in [0.1, 0.15) is 265 Å². The fourth-order valence-electron chi connectivity index (χ4n) is 14.4. The molecule has 0 spiro atoms. The van der Waals surface area contributed by atoms with Crippen molar-refractivity contribution in [2.75, 3.05) is 33.9 Å². The average Bonchev–Trinajstić information content (AvgIpc) is 1.60. The van der Waals surface area contributed by atoms with Crippen LogP contribution < -0.4 is 16.4 Å². The lowest BCUT2D eigenvalue weighted by atomic mass is 9.81. The van der Waals surface area contributed by atoms with Crippen molar-refractivity contribution in [3.8, 4) is 6.07 Å². The standard InChI is InChI=1S/C13H17NO3.C13H18O2.C12H14O2.C12H16O2.C11H11NO2S.C11H17N.C11H13N.C11H12O2.C11H16.C10H14O.C10H12/c1-9-4-6-10(7-5-9)13(2,3)8-14-11(15)12(16)17;1-10-5-7-11(8-6-10)13(2,3)9-12(14)15-4;1-9-3-5-10(6-4-9)12(7-8-12)11(13)14-2;1-9-4-6-10(7-5-9)12(2,3)8-11(13)14;1-7-2-4-8(5-3-7)6-9-10(13)12-11(14)15-9;2*1-9-4-6-10(7-5-9)11(2,3)8-12;1-8-2-4-9(5-3-8)11(6-7-11)10(12)13;1-9-6-5-7-10(8-9)11(2,3)4;1-3-11-8-10-6-4-9(2)5-7-10;1-8(2)10-6-4-9(3)5-7-10/h4-7H,8H2,1-3H3,(H,14,15)(H,16,17);5-8H,9H2,1-4H3;3-6H,7-8H2,1-2H3;4-7H,8H2,1-3H3,(H,13,14);2-5,9H,6H2,1H3,(H,12,13,14);4-7H,8,12H2,1-3H3;4-7H,1-3H3;2-5H,6-7H2,1H3,(H,12,13);5-8H,1-4H3;4-7H,3,8H2,1-2H3;4-7H,1H2,2-3H3. The van der Waals surface area contributed by atoms with E-state index in [0.29, 0.717) is 25.9 Å². The lowest BCUT2D eigenvalue weighted by molar-refractivity contribution is -0.150. The van der Waals surface area contributed by atoms with Gasteiger partial charge in [-0.05, 0) is 203 Å². The Balaban J connectivity index is 0.000000331. The maximum atomic E-state index is 11.6. The van der Waals surface area contributed by atoms with Crippen LogP contribution in [-0.2, 0) is 104 Å². The van der Waals surface area contributed by atoms with Crippen LogP contribution in [0.15, 0.2) is 273 Å². The van der Waals surface area contributed by atoms with Crippen LogP contribution in [0, 0.1) is 87.5 Å². The van der Waals surface area contributed by atoms with Crippen LogP contribution in [-0.4, -0.2) is 101 Å². The second kappa shape index (κ2) is 58.0. The van der Waals surface area contributed by atoms with Crippen molar-refractivity contribution in [3.63, 3.8) is 0 Å². The molecule has 1 heterocycles. The minimum absolute atomic E-state index is 0.0960. The zero-order valence-electron chi connectivity index (χ0n) is 90.7. The molecule has 1 unspecified atom stereocenters. The van der Waals surface area contributed by atoms with Crippen LogP contribution >= 0.6 is 11.8 Å². The molecule has 19 heteroatoms. The fraction of sp³-hybridized carbons (Fsp3) is 0.384. The summed E-state index contributed by atoms with van der Waals surface area (Å²) < 4.78 is 14.8. The van der Waals surface area contributed by atoms with Crippen LogP contribution in [0.4, 0.5) is 4.79 Å². The first-order valence-electron chi connectivity index (χ1n) is 49.1. The summed E-state index contributed by atoms with van der Waals surface area (Å²) in [6, 6.07) is 92.6. The number of methoxy groups -OCH3 is 2. The molecule has 2 saturated carbocycles. The monoisotopic (exact) mass is 1970 g/mol. The molecular formula is C125H160N4O14S. The highest BCUT2D eigenvalue weighted by molar-refractivity contribution is 8.15. The van der Waals surface area contributed by atoms with Crippen molar-refractivity contribution in [1.29, 1.82) is 5.26 Å². The second-order valence-electron chi connectivity index (χ2n) is 41.8. The van der Waals surface area contributed by atoms with Gasteiger partial charge in [-0.1, -0.05) is 428 Å². The Morgan fingerprint density at radius 3 is 1.10 bits per heavy atom. The number of thioether (sulfide) groups is 1. The van der Waals surface area contributed by atoms with Crippen molar-refractivity contribution < 1.29 is 67.9 Å². The van der Waals surface area contributed by atoms with Gasteiger partial charge in [-0.15, -0.1) is 0 Å². The number of carboxylic acid groups (broad SMARTS) is 3. The fourth-order valence-corrected chi connectivity index (χ4v) is 15.3. The van der Waals surface area contributed by atoms with Gasteiger partial charge in [0.25, 0.3) is 5.24 Å². The molecule has 144 heavy (non-hydrogen) atoms. The number of aliphatic carboxylic acids is 3. The number of carbonyl (C=O) groups excluding carboxylic acids is 5. The van der Waals surface area contributed by atoms with E-state index in [1.54, 1.807) is 0 Å². The van der Waals surface area contributed by atoms with Gasteiger partial charge in [-0.3, -0.25) is 38.9 Å². The minimum Gasteiger partial charge on any atom is -0.481 e. The van der Waals surface area contributed by atoms with Gasteiger partial charge >= 0.3 is 35.8 Å². The van der Waals surface area contributed by atoms with E-state index in [1.807, 2.05) is 243 Å². The summed E-state index contributed by atoms with van der Waals surface area (Å²) in [5.74, 6) is -4.30. The quantitative estimate of drug-likeness (QED) is 0.0271. The molecule has 14 rings (SSSR count). The summed E-state index contributed by atoms with van der Waals surface area (Å²) in [6.07, 6.45) is 4.59. The predicted octanol–water partition coefficient (Wildman–Crippen LogP) is 27.1. The first kappa shape index (κ1) is 123. The predicted molar refractivity (Wildman–Crippen MR) is 591 cm³/mol. The molecule has 0 aromatic heterocycles. The van der Waals surface area contributed by atoms with Gasteiger partial charge in [-0.25, -0.2) is 4.79 Å². The first-order chi connectivity index (χ1) is 67.3. The average molecular weight is 1970 g/mol. The summed E-state index contributed by atoms with van der Waals surface area (Å²) in [5.41, 5.74) is 31.6. The van der Waals surface area contributed by atoms with Gasteiger partial charge < -0.3 is 40.6 Å². The highest BCUT2D eigenvalue weighted by atomic mass is 32.2. The SMILES string of the molecule is C=C(C)c1ccc(C)cc1.CCOCc1ccc(C)cc1.COC(=O)C1(c2ccc(C)cc2)CC1.COC(=O)CC(C)(C)c1ccc(C)cc1.Cc1ccc(C(C)(C)C#N)cc1.Cc1ccc(C(C)(C)CC(=O)O)cc1.Cc1ccc(C(C)(C)CN)cc1.Cc1ccc(C(C)(C)CNC(=O)C(=O)O)cc1.Cc1ccc(C2(C(=O)O)CC2)cc1.Cc1ccc(CC2SC(=O)NC2=O)cc1.Cc1cccc(C(C)(C)C)c1. The number of ether oxygens (including phenoxy) is 3. The van der Waals surface area contributed by atoms with Crippen molar-refractivity contribution in [1.82, 2.24) is 10.6 Å². The summed E-state index contributed by atoms with van der Waals surface area (Å²) in [4.78, 5) is 88.0. The van der Waals surface area contributed by atoms with Crippen LogP contribution in [0.3, 0.4) is 0 Å². The lowest BCUT2D eigenvalue weighted by Gasteiger charge is -2.25. The smallest absolute Gasteiger partial charge is 0.394 e. The number of carbonyl (C=O) groups is 8.